The highest BCUT2D eigenvalue weighted by molar-refractivity contribution is 5.98. The molecule has 188 valence electrons. The van der Waals surface area contributed by atoms with Gasteiger partial charge in [0.2, 0.25) is 0 Å². The molecular formula is C26H23F2NO7. The maximum atomic E-state index is 14.1. The highest BCUT2D eigenvalue weighted by atomic mass is 19.2. The molecule has 36 heavy (non-hydrogen) atoms. The van der Waals surface area contributed by atoms with Crippen molar-refractivity contribution in [1.29, 1.82) is 0 Å². The summed E-state index contributed by atoms with van der Waals surface area (Å²) < 4.78 is 38.3. The molecule has 0 amide bonds. The number of hydrogen-bond donors (Lipinski definition) is 3. The summed E-state index contributed by atoms with van der Waals surface area (Å²) in [7, 11) is 1.13. The number of hydrogen-bond acceptors (Lipinski definition) is 8. The van der Waals surface area contributed by atoms with Gasteiger partial charge in [-0.2, -0.15) is 0 Å². The molecule has 0 fully saturated rings. The number of esters is 1. The van der Waals surface area contributed by atoms with Gasteiger partial charge in [-0.3, -0.25) is 14.6 Å². The Morgan fingerprint density at radius 3 is 2.50 bits per heavy atom. The van der Waals surface area contributed by atoms with Crippen LogP contribution in [0.2, 0.25) is 0 Å². The lowest BCUT2D eigenvalue weighted by Gasteiger charge is -2.24. The molecule has 4 rings (SSSR count). The van der Waals surface area contributed by atoms with Gasteiger partial charge in [0.1, 0.15) is 23.4 Å². The average molecular weight is 499 g/mol. The quantitative estimate of drug-likeness (QED) is 0.339. The molecule has 0 aliphatic carbocycles. The molecule has 0 saturated carbocycles. The van der Waals surface area contributed by atoms with E-state index in [1.54, 1.807) is 6.92 Å². The second kappa shape index (κ2) is 9.54. The fourth-order valence-corrected chi connectivity index (χ4v) is 4.43. The molecule has 8 nitrogen and oxygen atoms in total. The van der Waals surface area contributed by atoms with Crippen LogP contribution in [-0.2, 0) is 20.9 Å². The minimum Gasteiger partial charge on any atom is -0.507 e. The Balaban J connectivity index is 1.99. The van der Waals surface area contributed by atoms with Crippen LogP contribution in [0.1, 0.15) is 69.2 Å². The number of carbonyl (C=O) groups is 2. The summed E-state index contributed by atoms with van der Waals surface area (Å²) in [4.78, 5) is 28.8. The number of nitrogens with zero attached hydrogens (tertiary/aromatic N) is 1. The zero-order valence-corrected chi connectivity index (χ0v) is 19.6. The number of aromatic hydroxyl groups is 3. The van der Waals surface area contributed by atoms with E-state index in [4.69, 9.17) is 9.47 Å². The second-order valence-electron chi connectivity index (χ2n) is 8.51. The molecule has 1 aliphatic rings. The average Bonchev–Trinajstić information content (AvgIpc) is 3.27. The van der Waals surface area contributed by atoms with Crippen LogP contribution in [0.5, 0.6) is 17.2 Å². The van der Waals surface area contributed by atoms with E-state index in [9.17, 15) is 33.7 Å². The summed E-state index contributed by atoms with van der Waals surface area (Å²) >= 11 is 0. The van der Waals surface area contributed by atoms with E-state index in [0.29, 0.717) is 16.8 Å². The Labute approximate surface area is 204 Å². The Morgan fingerprint density at radius 1 is 1.14 bits per heavy atom. The smallest absolute Gasteiger partial charge is 0.306 e. The van der Waals surface area contributed by atoms with Gasteiger partial charge in [0.25, 0.3) is 0 Å². The molecule has 2 atom stereocenters. The Hall–Kier alpha value is -4.05. The van der Waals surface area contributed by atoms with Crippen LogP contribution in [0.25, 0.3) is 0 Å². The molecule has 0 spiro atoms. The molecule has 2 aromatic carbocycles. The third kappa shape index (κ3) is 4.24. The van der Waals surface area contributed by atoms with E-state index in [1.807, 2.05) is 0 Å². The van der Waals surface area contributed by atoms with Gasteiger partial charge >= 0.3 is 5.97 Å². The first kappa shape index (κ1) is 25.1. The van der Waals surface area contributed by atoms with Crippen molar-refractivity contribution < 1.29 is 43.2 Å². The Bertz CT molecular complexity index is 1390. The summed E-state index contributed by atoms with van der Waals surface area (Å²) in [5.74, 6) is -6.20. The van der Waals surface area contributed by atoms with Gasteiger partial charge < -0.3 is 24.8 Å². The van der Waals surface area contributed by atoms with Gasteiger partial charge in [0.05, 0.1) is 31.4 Å². The van der Waals surface area contributed by atoms with Crippen molar-refractivity contribution in [3.63, 3.8) is 0 Å². The van der Waals surface area contributed by atoms with Crippen LogP contribution in [0.15, 0.2) is 30.5 Å². The lowest BCUT2D eigenvalue weighted by molar-refractivity contribution is -0.140. The van der Waals surface area contributed by atoms with E-state index >= 15 is 0 Å². The zero-order chi connectivity index (χ0) is 26.3. The van der Waals surface area contributed by atoms with E-state index in [0.717, 1.165) is 19.2 Å². The Kier molecular flexibility index (Phi) is 6.64. The van der Waals surface area contributed by atoms with Crippen molar-refractivity contribution in [3.8, 4) is 17.2 Å². The number of phenols is 2. The summed E-state index contributed by atoms with van der Waals surface area (Å²) in [5, 5.41) is 33.1. The van der Waals surface area contributed by atoms with Gasteiger partial charge in [-0.1, -0.05) is 6.07 Å². The van der Waals surface area contributed by atoms with Crippen LogP contribution in [-0.4, -0.2) is 39.2 Å². The van der Waals surface area contributed by atoms with Gasteiger partial charge in [0.15, 0.2) is 17.4 Å². The molecular weight excluding hydrogens is 476 g/mol. The number of ketones is 1. The zero-order valence-electron chi connectivity index (χ0n) is 19.6. The van der Waals surface area contributed by atoms with Crippen molar-refractivity contribution in [2.24, 2.45) is 0 Å². The van der Waals surface area contributed by atoms with Crippen molar-refractivity contribution in [1.82, 2.24) is 4.98 Å². The number of rotatable bonds is 6. The third-order valence-electron chi connectivity index (χ3n) is 6.32. The molecule has 0 saturated heterocycles. The first-order valence-electron chi connectivity index (χ1n) is 10.9. The number of phenolic OH excluding ortho intramolecular Hbond substituents is 2. The number of carbonyl (C=O) groups excluding carboxylic acids is 2. The van der Waals surface area contributed by atoms with E-state index in [2.05, 4.69) is 4.98 Å². The first-order chi connectivity index (χ1) is 17.0. The number of Topliss-reactive ketones (excluding diaryl/α,β-unsaturated/α-hetero) is 1. The van der Waals surface area contributed by atoms with Crippen molar-refractivity contribution >= 4 is 11.8 Å². The number of ether oxygens (including phenoxy) is 2. The van der Waals surface area contributed by atoms with Gasteiger partial charge in [-0.25, -0.2) is 8.78 Å². The van der Waals surface area contributed by atoms with Crippen LogP contribution in [0.4, 0.5) is 8.78 Å². The topological polar surface area (TPSA) is 126 Å². The maximum Gasteiger partial charge on any atom is 0.306 e. The number of aryl methyl sites for hydroxylation is 1. The van der Waals surface area contributed by atoms with Gasteiger partial charge in [-0.15, -0.1) is 0 Å². The number of halogens is 2. The summed E-state index contributed by atoms with van der Waals surface area (Å²) in [6, 6.07) is 4.13. The molecule has 3 N–H and O–H groups in total. The van der Waals surface area contributed by atoms with Gasteiger partial charge in [-0.05, 0) is 37.6 Å². The minimum absolute atomic E-state index is 0.0325. The summed E-state index contributed by atoms with van der Waals surface area (Å²) in [6.07, 6.45) is 0.0125. The van der Waals surface area contributed by atoms with Gasteiger partial charge in [0, 0.05) is 34.4 Å². The fraction of sp³-hybridized carbons (Fsp3) is 0.269. The molecule has 0 radical (unpaired) electrons. The second-order valence-corrected chi connectivity index (χ2v) is 8.51. The lowest BCUT2D eigenvalue weighted by Crippen LogP contribution is -2.14. The van der Waals surface area contributed by atoms with Crippen LogP contribution < -0.4 is 0 Å². The number of benzene rings is 2. The number of pyridine rings is 1. The predicted octanol–water partition coefficient (Wildman–Crippen LogP) is 4.30. The van der Waals surface area contributed by atoms with Crippen molar-refractivity contribution in [2.45, 2.75) is 38.9 Å². The summed E-state index contributed by atoms with van der Waals surface area (Å²) in [6.45, 7) is 2.84. The number of fused-ring (bicyclic) bond motifs is 1. The molecule has 0 unspecified atom stereocenters. The van der Waals surface area contributed by atoms with Crippen LogP contribution in [0, 0.1) is 18.6 Å². The maximum absolute atomic E-state index is 14.1. The molecule has 10 heteroatoms. The molecule has 2 heterocycles. The standard InChI is InChI=1S/C26H23F2NO7/c1-11-23(32)21-14(9-29-11)10-36-26(21)17-7-15(12(2)30)24(33)22(25(17)34)16(8-20(31)35-3)13-4-5-18(27)19(28)6-13/h4-7,9,16,26,32-34H,8,10H2,1-3H3/t16-,26+/m0/s1. The molecule has 1 aliphatic heterocycles. The van der Waals surface area contributed by atoms with Crippen molar-refractivity contribution in [3.05, 3.63) is 81.2 Å². The largest absolute Gasteiger partial charge is 0.507 e. The van der Waals surface area contributed by atoms with Crippen LogP contribution in [0.3, 0.4) is 0 Å². The normalized spacial score (nSPS) is 15.4. The number of aromatic nitrogens is 1. The molecule has 1 aromatic heterocycles. The van der Waals surface area contributed by atoms with E-state index < -0.39 is 53.3 Å². The summed E-state index contributed by atoms with van der Waals surface area (Å²) in [5.41, 5.74) is 0.834. The molecule has 3 aromatic rings. The third-order valence-corrected chi connectivity index (χ3v) is 6.32. The highest BCUT2D eigenvalue weighted by Gasteiger charge is 2.36. The van der Waals surface area contributed by atoms with E-state index in [-0.39, 0.29) is 34.6 Å². The van der Waals surface area contributed by atoms with E-state index in [1.165, 1.54) is 25.3 Å². The minimum atomic E-state index is -1.22. The van der Waals surface area contributed by atoms with Crippen molar-refractivity contribution in [2.75, 3.05) is 7.11 Å². The predicted molar refractivity (Wildman–Crippen MR) is 122 cm³/mol. The SMILES string of the molecule is COC(=O)C[C@@H](c1ccc(F)c(F)c1)c1c(O)c(C(C)=O)cc([C@H]2OCc3cnc(C)c(O)c32)c1O. The highest BCUT2D eigenvalue weighted by Crippen LogP contribution is 2.50. The lowest BCUT2D eigenvalue weighted by atomic mass is 9.83. The monoisotopic (exact) mass is 499 g/mol. The first-order valence-corrected chi connectivity index (χ1v) is 10.9. The number of methoxy groups -OCH3 is 1. The Morgan fingerprint density at radius 2 is 1.86 bits per heavy atom. The fourth-order valence-electron chi connectivity index (χ4n) is 4.43. The van der Waals surface area contributed by atoms with Crippen LogP contribution >= 0.6 is 0 Å². The molecule has 0 bridgehead atoms.